The fourth-order valence-corrected chi connectivity index (χ4v) is 4.63. The van der Waals surface area contributed by atoms with Gasteiger partial charge >= 0.3 is 0 Å². The van der Waals surface area contributed by atoms with Gasteiger partial charge in [-0.3, -0.25) is 9.69 Å². The second kappa shape index (κ2) is 10.8. The van der Waals surface area contributed by atoms with E-state index in [1.807, 2.05) is 36.4 Å². The number of ether oxygens (including phenoxy) is 3. The quantitative estimate of drug-likeness (QED) is 0.497. The number of carbonyl (C=O) groups excluding carboxylic acids is 1. The van der Waals surface area contributed by atoms with Crippen molar-refractivity contribution in [3.05, 3.63) is 87.9 Å². The van der Waals surface area contributed by atoms with Gasteiger partial charge in [0.15, 0.2) is 11.5 Å². The van der Waals surface area contributed by atoms with Gasteiger partial charge in [0, 0.05) is 19.6 Å². The normalized spacial score (nSPS) is 15.4. The number of nitrogens with one attached hydrogen (secondary N) is 1. The van der Waals surface area contributed by atoms with Crippen molar-refractivity contribution in [3.8, 4) is 17.2 Å². The van der Waals surface area contributed by atoms with Crippen molar-refractivity contribution in [2.24, 2.45) is 0 Å². The Kier molecular flexibility index (Phi) is 7.60. The molecule has 0 aliphatic carbocycles. The van der Waals surface area contributed by atoms with E-state index in [4.69, 9.17) is 25.8 Å². The molecule has 1 amide bonds. The van der Waals surface area contributed by atoms with Crippen molar-refractivity contribution in [2.45, 2.75) is 19.0 Å². The van der Waals surface area contributed by atoms with E-state index >= 15 is 0 Å². The number of hydrogen-bond acceptors (Lipinski definition) is 5. The molecular formula is C27H29ClN2O4. The lowest BCUT2D eigenvalue weighted by Gasteiger charge is -2.38. The van der Waals surface area contributed by atoms with E-state index in [1.54, 1.807) is 33.5 Å². The van der Waals surface area contributed by atoms with E-state index in [-0.39, 0.29) is 11.9 Å². The predicted octanol–water partition coefficient (Wildman–Crippen LogP) is 4.90. The number of hydrogen-bond donors (Lipinski definition) is 1. The molecule has 0 spiro atoms. The summed E-state index contributed by atoms with van der Waals surface area (Å²) in [7, 11) is 4.94. The highest BCUT2D eigenvalue weighted by atomic mass is 35.5. The van der Waals surface area contributed by atoms with E-state index in [0.29, 0.717) is 28.6 Å². The Morgan fingerprint density at radius 1 is 1.00 bits per heavy atom. The van der Waals surface area contributed by atoms with Crippen LogP contribution in [0.15, 0.2) is 60.7 Å². The lowest BCUT2D eigenvalue weighted by Crippen LogP contribution is -2.41. The van der Waals surface area contributed by atoms with Gasteiger partial charge in [-0.15, -0.1) is 0 Å². The summed E-state index contributed by atoms with van der Waals surface area (Å²) >= 11 is 6.24. The van der Waals surface area contributed by atoms with Crippen molar-refractivity contribution in [3.63, 3.8) is 0 Å². The van der Waals surface area contributed by atoms with Crippen LogP contribution in [-0.4, -0.2) is 45.2 Å². The molecule has 6 nitrogen and oxygen atoms in total. The maximum atomic E-state index is 12.9. The summed E-state index contributed by atoms with van der Waals surface area (Å²) in [5, 5.41) is 3.53. The van der Waals surface area contributed by atoms with Crippen molar-refractivity contribution < 1.29 is 19.0 Å². The standard InChI is InChI=1S/C27H29ClN2O4/c1-32-20-10-8-18(9-11-20)17-30-13-12-19-14-25(33-2)26(34-3)15-22(19)24(30)16-29-27(31)21-6-4-5-7-23(21)28/h4-11,14-15,24H,12-13,16-17H2,1-3H3,(H,29,31)/t24-/m0/s1. The summed E-state index contributed by atoms with van der Waals surface area (Å²) in [5.74, 6) is 2.02. The second-order valence-corrected chi connectivity index (χ2v) is 8.59. The highest BCUT2D eigenvalue weighted by Crippen LogP contribution is 2.38. The van der Waals surface area contributed by atoms with Gasteiger partial charge in [0.1, 0.15) is 5.75 Å². The summed E-state index contributed by atoms with van der Waals surface area (Å²) < 4.78 is 16.4. The molecular weight excluding hydrogens is 452 g/mol. The van der Waals surface area contributed by atoms with E-state index in [9.17, 15) is 4.79 Å². The Hall–Kier alpha value is -3.22. The summed E-state index contributed by atoms with van der Waals surface area (Å²) in [6, 6.07) is 19.2. The first-order chi connectivity index (χ1) is 16.5. The van der Waals surface area contributed by atoms with E-state index in [2.05, 4.69) is 22.3 Å². The fraction of sp³-hybridized carbons (Fsp3) is 0.296. The van der Waals surface area contributed by atoms with Crippen molar-refractivity contribution in [1.82, 2.24) is 10.2 Å². The van der Waals surface area contributed by atoms with E-state index in [0.717, 1.165) is 30.8 Å². The van der Waals surface area contributed by atoms with Gasteiger partial charge in [-0.2, -0.15) is 0 Å². The zero-order chi connectivity index (χ0) is 24.1. The van der Waals surface area contributed by atoms with Crippen LogP contribution in [0.25, 0.3) is 0 Å². The monoisotopic (exact) mass is 480 g/mol. The molecule has 1 N–H and O–H groups in total. The molecule has 34 heavy (non-hydrogen) atoms. The lowest BCUT2D eigenvalue weighted by atomic mass is 9.91. The third kappa shape index (κ3) is 5.13. The molecule has 0 saturated carbocycles. The fourth-order valence-electron chi connectivity index (χ4n) is 4.40. The van der Waals surface area contributed by atoms with E-state index in [1.165, 1.54) is 11.1 Å². The predicted molar refractivity (Wildman–Crippen MR) is 133 cm³/mol. The third-order valence-corrected chi connectivity index (χ3v) is 6.56. The van der Waals surface area contributed by atoms with Gasteiger partial charge in [0.2, 0.25) is 0 Å². The lowest BCUT2D eigenvalue weighted by molar-refractivity contribution is 0.0926. The Morgan fingerprint density at radius 3 is 2.38 bits per heavy atom. The Morgan fingerprint density at radius 2 is 1.71 bits per heavy atom. The van der Waals surface area contributed by atoms with Crippen LogP contribution >= 0.6 is 11.6 Å². The Bertz CT molecular complexity index is 1150. The largest absolute Gasteiger partial charge is 0.497 e. The number of carbonyl (C=O) groups is 1. The summed E-state index contributed by atoms with van der Waals surface area (Å²) in [4.78, 5) is 15.3. The maximum absolute atomic E-state index is 12.9. The molecule has 3 aromatic carbocycles. The zero-order valence-electron chi connectivity index (χ0n) is 19.6. The average Bonchev–Trinajstić information content (AvgIpc) is 2.87. The molecule has 4 rings (SSSR count). The molecule has 178 valence electrons. The summed E-state index contributed by atoms with van der Waals surface area (Å²) in [6.07, 6.45) is 0.876. The van der Waals surface area contributed by atoms with Crippen LogP contribution in [0.1, 0.15) is 33.1 Å². The number of nitrogens with zero attached hydrogens (tertiary/aromatic N) is 1. The van der Waals surface area contributed by atoms with E-state index < -0.39 is 0 Å². The smallest absolute Gasteiger partial charge is 0.252 e. The number of rotatable bonds is 8. The average molecular weight is 481 g/mol. The molecule has 3 aromatic rings. The molecule has 0 unspecified atom stereocenters. The SMILES string of the molecule is COc1ccc(CN2CCc3cc(OC)c(OC)cc3[C@@H]2CNC(=O)c2ccccc2Cl)cc1. The van der Waals surface area contributed by atoms with Crippen LogP contribution in [0.4, 0.5) is 0 Å². The topological polar surface area (TPSA) is 60.0 Å². The molecule has 7 heteroatoms. The van der Waals surface area contributed by atoms with Crippen LogP contribution in [-0.2, 0) is 13.0 Å². The van der Waals surface area contributed by atoms with Gasteiger partial charge < -0.3 is 19.5 Å². The van der Waals surface area contributed by atoms with Crippen LogP contribution in [0.5, 0.6) is 17.2 Å². The molecule has 0 radical (unpaired) electrons. The molecule has 1 aliphatic heterocycles. The Labute approximate surface area is 205 Å². The van der Waals surface area contributed by atoms with Crippen molar-refractivity contribution in [2.75, 3.05) is 34.4 Å². The minimum absolute atomic E-state index is 0.0444. The van der Waals surface area contributed by atoms with Crippen LogP contribution < -0.4 is 19.5 Å². The van der Waals surface area contributed by atoms with Gasteiger partial charge in [-0.05, 0) is 59.5 Å². The zero-order valence-corrected chi connectivity index (χ0v) is 20.4. The third-order valence-electron chi connectivity index (χ3n) is 6.23. The number of halogens is 1. The van der Waals surface area contributed by atoms with Gasteiger partial charge in [0.05, 0.1) is 38.0 Å². The molecule has 0 saturated heterocycles. The molecule has 1 aliphatic rings. The van der Waals surface area contributed by atoms with Crippen LogP contribution in [0.3, 0.4) is 0 Å². The summed E-state index contributed by atoms with van der Waals surface area (Å²) in [5.41, 5.74) is 3.96. The van der Waals surface area contributed by atoms with Crippen LogP contribution in [0.2, 0.25) is 5.02 Å². The maximum Gasteiger partial charge on any atom is 0.252 e. The Balaban J connectivity index is 1.62. The number of benzene rings is 3. The molecule has 0 bridgehead atoms. The van der Waals surface area contributed by atoms with Gasteiger partial charge in [-0.25, -0.2) is 0 Å². The first-order valence-electron chi connectivity index (χ1n) is 11.2. The first-order valence-corrected chi connectivity index (χ1v) is 11.6. The minimum Gasteiger partial charge on any atom is -0.497 e. The number of methoxy groups -OCH3 is 3. The molecule has 0 aromatic heterocycles. The van der Waals surface area contributed by atoms with Gasteiger partial charge in [-0.1, -0.05) is 35.9 Å². The van der Waals surface area contributed by atoms with Gasteiger partial charge in [0.25, 0.3) is 5.91 Å². The van der Waals surface area contributed by atoms with Crippen LogP contribution in [0, 0.1) is 0 Å². The number of amides is 1. The van der Waals surface area contributed by atoms with Crippen molar-refractivity contribution >= 4 is 17.5 Å². The first kappa shape index (κ1) is 23.9. The minimum atomic E-state index is -0.192. The summed E-state index contributed by atoms with van der Waals surface area (Å²) in [6.45, 7) is 2.02. The molecule has 1 heterocycles. The molecule has 1 atom stereocenters. The highest BCUT2D eigenvalue weighted by molar-refractivity contribution is 6.33. The molecule has 0 fully saturated rings. The highest BCUT2D eigenvalue weighted by Gasteiger charge is 2.30. The second-order valence-electron chi connectivity index (χ2n) is 8.18. The number of fused-ring (bicyclic) bond motifs is 1. The van der Waals surface area contributed by atoms with Crippen molar-refractivity contribution in [1.29, 1.82) is 0 Å².